The van der Waals surface area contributed by atoms with Gasteiger partial charge in [0, 0.05) is 6.42 Å². The Morgan fingerprint density at radius 1 is 0.833 bits per heavy atom. The lowest BCUT2D eigenvalue weighted by Gasteiger charge is -2.32. The molecule has 0 fully saturated rings. The van der Waals surface area contributed by atoms with Gasteiger partial charge in [-0.3, -0.25) is 4.79 Å². The summed E-state index contributed by atoms with van der Waals surface area (Å²) >= 11 is 0. The second-order valence-electron chi connectivity index (χ2n) is 12.5. The van der Waals surface area contributed by atoms with E-state index in [1.807, 2.05) is 13.0 Å². The van der Waals surface area contributed by atoms with Crippen molar-refractivity contribution < 1.29 is 9.53 Å². The number of ether oxygens (including phenoxy) is 1. The van der Waals surface area contributed by atoms with Crippen LogP contribution in [0.5, 0.6) is 0 Å². The van der Waals surface area contributed by atoms with E-state index in [1.165, 1.54) is 80.9 Å². The van der Waals surface area contributed by atoms with Gasteiger partial charge in [-0.05, 0) is 95.6 Å². The van der Waals surface area contributed by atoms with Crippen molar-refractivity contribution in [2.75, 3.05) is 6.61 Å². The van der Waals surface area contributed by atoms with Crippen LogP contribution in [-0.4, -0.2) is 12.6 Å². The van der Waals surface area contributed by atoms with E-state index in [0.29, 0.717) is 13.0 Å². The number of rotatable bonds is 21. The summed E-state index contributed by atoms with van der Waals surface area (Å²) < 4.78 is 5.38. The largest absolute Gasteiger partial charge is 0.461 e. The fraction of sp³-hybridized carbons (Fsp3) is 0.575. The smallest absolute Gasteiger partial charge is 0.306 e. The van der Waals surface area contributed by atoms with Crippen LogP contribution in [0.15, 0.2) is 95.2 Å². The average molecular weight is 575 g/mol. The van der Waals surface area contributed by atoms with Crippen molar-refractivity contribution in [3.63, 3.8) is 0 Å². The Labute approximate surface area is 260 Å². The van der Waals surface area contributed by atoms with E-state index in [1.54, 1.807) is 0 Å². The molecule has 1 aliphatic rings. The maximum absolute atomic E-state index is 12.0. The number of carbonyl (C=O) groups is 1. The molecular formula is C40H62O2. The van der Waals surface area contributed by atoms with E-state index in [9.17, 15) is 4.79 Å². The Morgan fingerprint density at radius 2 is 1.48 bits per heavy atom. The zero-order valence-electron chi connectivity index (χ0n) is 28.1. The van der Waals surface area contributed by atoms with Gasteiger partial charge in [0.2, 0.25) is 0 Å². The lowest BCUT2D eigenvalue weighted by atomic mass is 9.72. The Kier molecular flexibility index (Phi) is 21.3. The van der Waals surface area contributed by atoms with Gasteiger partial charge in [0.25, 0.3) is 0 Å². The van der Waals surface area contributed by atoms with Crippen molar-refractivity contribution in [2.45, 2.75) is 138 Å². The maximum atomic E-state index is 12.0. The maximum Gasteiger partial charge on any atom is 0.306 e. The van der Waals surface area contributed by atoms with Crippen molar-refractivity contribution in [3.05, 3.63) is 95.2 Å². The van der Waals surface area contributed by atoms with Crippen molar-refractivity contribution in [1.82, 2.24) is 0 Å². The molecule has 0 aromatic heterocycles. The molecular weight excluding hydrogens is 512 g/mol. The first kappa shape index (κ1) is 37.4. The molecule has 0 aliphatic heterocycles. The third-order valence-corrected chi connectivity index (χ3v) is 7.94. The van der Waals surface area contributed by atoms with Gasteiger partial charge < -0.3 is 4.74 Å². The molecule has 0 amide bonds. The van der Waals surface area contributed by atoms with Gasteiger partial charge in [-0.15, -0.1) is 0 Å². The number of hydrogen-bond donors (Lipinski definition) is 0. The van der Waals surface area contributed by atoms with Gasteiger partial charge in [-0.25, -0.2) is 0 Å². The van der Waals surface area contributed by atoms with E-state index >= 15 is 0 Å². The Bertz CT molecular complexity index is 991. The second kappa shape index (κ2) is 23.9. The summed E-state index contributed by atoms with van der Waals surface area (Å²) in [4.78, 5) is 12.0. The highest BCUT2D eigenvalue weighted by Crippen LogP contribution is 2.40. The van der Waals surface area contributed by atoms with E-state index < -0.39 is 0 Å². The molecule has 234 valence electrons. The van der Waals surface area contributed by atoms with Crippen LogP contribution in [0.2, 0.25) is 0 Å². The van der Waals surface area contributed by atoms with Crippen molar-refractivity contribution in [2.24, 2.45) is 5.41 Å². The fourth-order valence-electron chi connectivity index (χ4n) is 5.22. The average Bonchev–Trinajstić information content (AvgIpc) is 2.94. The molecule has 0 saturated heterocycles. The van der Waals surface area contributed by atoms with E-state index in [2.05, 4.69) is 101 Å². The van der Waals surface area contributed by atoms with Crippen molar-refractivity contribution in [3.8, 4) is 0 Å². The van der Waals surface area contributed by atoms with Gasteiger partial charge in [0.15, 0.2) is 0 Å². The van der Waals surface area contributed by atoms with Crippen LogP contribution in [0.25, 0.3) is 0 Å². The topological polar surface area (TPSA) is 26.3 Å². The summed E-state index contributed by atoms with van der Waals surface area (Å²) in [5.74, 6) is -0.125. The van der Waals surface area contributed by atoms with Gasteiger partial charge >= 0.3 is 5.97 Å². The highest BCUT2D eigenvalue weighted by Gasteiger charge is 2.26. The highest BCUT2D eigenvalue weighted by molar-refractivity contribution is 5.69. The molecule has 0 aromatic carbocycles. The predicted molar refractivity (Wildman–Crippen MR) is 186 cm³/mol. The first-order valence-corrected chi connectivity index (χ1v) is 16.8. The van der Waals surface area contributed by atoms with Crippen molar-refractivity contribution in [1.29, 1.82) is 0 Å². The molecule has 0 radical (unpaired) electrons. The molecule has 2 heteroatoms. The summed E-state index contributed by atoms with van der Waals surface area (Å²) in [5.41, 5.74) is 5.60. The van der Waals surface area contributed by atoms with E-state index in [4.69, 9.17) is 4.74 Å². The molecule has 0 atom stereocenters. The van der Waals surface area contributed by atoms with Crippen LogP contribution < -0.4 is 0 Å². The summed E-state index contributed by atoms with van der Waals surface area (Å²) in [5, 5.41) is 0. The van der Waals surface area contributed by atoms with Crippen LogP contribution in [-0.2, 0) is 9.53 Å². The summed E-state index contributed by atoms with van der Waals surface area (Å²) in [6, 6.07) is 0. The third-order valence-electron chi connectivity index (χ3n) is 7.94. The van der Waals surface area contributed by atoms with Crippen LogP contribution in [0.1, 0.15) is 138 Å². The zero-order chi connectivity index (χ0) is 30.9. The first-order chi connectivity index (χ1) is 20.3. The lowest BCUT2D eigenvalue weighted by molar-refractivity contribution is -0.142. The van der Waals surface area contributed by atoms with Gasteiger partial charge in [-0.1, -0.05) is 136 Å². The fourth-order valence-corrected chi connectivity index (χ4v) is 5.22. The van der Waals surface area contributed by atoms with Gasteiger partial charge in [0.05, 0.1) is 0 Å². The van der Waals surface area contributed by atoms with Crippen LogP contribution >= 0.6 is 0 Å². The first-order valence-electron chi connectivity index (χ1n) is 16.8. The quantitative estimate of drug-likeness (QED) is 0.0590. The van der Waals surface area contributed by atoms with E-state index in [-0.39, 0.29) is 11.4 Å². The highest BCUT2D eigenvalue weighted by atomic mass is 16.5. The predicted octanol–water partition coefficient (Wildman–Crippen LogP) is 12.4. The molecule has 1 rings (SSSR count). The standard InChI is InChI=1S/C40H62O2/c1-7-8-9-10-11-12-13-14-15-16-17-18-19-20-21-22-23-29-39(41)42-34-32-36(3)27-24-26-35(2)30-31-38-37(4)28-25-33-40(38,5)6/h14-15,17-18,20-21,24,26-27,30-32H,7-13,16,19,22-23,25,28-29,33-34H2,1-6H3/b15-14-,18-17-,21-20-,27-24+,31-30+,35-26+,36-32+. The number of carbonyl (C=O) groups excluding carboxylic acids is 1. The molecule has 1 aliphatic carbocycles. The number of allylic oxidation sites excluding steroid dienone is 15. The molecule has 0 unspecified atom stereocenters. The lowest BCUT2D eigenvalue weighted by Crippen LogP contribution is -2.19. The molecule has 2 nitrogen and oxygen atoms in total. The summed E-state index contributed by atoms with van der Waals surface area (Å²) in [6.45, 7) is 13.7. The van der Waals surface area contributed by atoms with Crippen LogP contribution in [0.3, 0.4) is 0 Å². The number of unbranched alkanes of at least 4 members (excludes halogenated alkanes) is 7. The Balaban J connectivity index is 2.15. The normalized spacial score (nSPS) is 16.8. The Morgan fingerprint density at radius 3 is 2.17 bits per heavy atom. The minimum absolute atomic E-state index is 0.125. The number of esters is 1. The SMILES string of the molecule is CCCCCCCC/C=C\C/C=C\C/C=C\CCCC(=O)OC/C=C(C)/C=C/C=C(C)/C=C/C1=C(C)CCCC1(C)C. The Hall–Kier alpha value is -2.61. The summed E-state index contributed by atoms with van der Waals surface area (Å²) in [6.07, 6.45) is 43.5. The summed E-state index contributed by atoms with van der Waals surface area (Å²) in [7, 11) is 0. The number of hydrogen-bond acceptors (Lipinski definition) is 2. The van der Waals surface area contributed by atoms with Gasteiger partial charge in [-0.2, -0.15) is 0 Å². The molecule has 0 aromatic rings. The third kappa shape index (κ3) is 19.5. The molecule has 0 saturated carbocycles. The monoisotopic (exact) mass is 574 g/mol. The molecule has 0 spiro atoms. The second-order valence-corrected chi connectivity index (χ2v) is 12.5. The van der Waals surface area contributed by atoms with E-state index in [0.717, 1.165) is 31.3 Å². The zero-order valence-corrected chi connectivity index (χ0v) is 28.1. The minimum atomic E-state index is -0.125. The van der Waals surface area contributed by atoms with Crippen LogP contribution in [0.4, 0.5) is 0 Å². The molecule has 0 heterocycles. The molecule has 0 bridgehead atoms. The van der Waals surface area contributed by atoms with Crippen LogP contribution in [0, 0.1) is 5.41 Å². The molecule has 0 N–H and O–H groups in total. The van der Waals surface area contributed by atoms with Crippen molar-refractivity contribution >= 4 is 5.97 Å². The molecule has 42 heavy (non-hydrogen) atoms. The minimum Gasteiger partial charge on any atom is -0.461 e. The van der Waals surface area contributed by atoms with Gasteiger partial charge in [0.1, 0.15) is 6.61 Å².